The summed E-state index contributed by atoms with van der Waals surface area (Å²) in [7, 11) is 0. The Morgan fingerprint density at radius 1 is 1.69 bits per heavy atom. The number of carbonyl (C=O) groups excluding carboxylic acids is 1. The summed E-state index contributed by atoms with van der Waals surface area (Å²) in [4.78, 5) is 15.8. The van der Waals surface area contributed by atoms with Crippen molar-refractivity contribution in [2.45, 2.75) is 25.0 Å². The largest absolute Gasteiger partial charge is 0.392 e. The number of aromatic nitrogens is 1. The number of aliphatic hydroxyl groups is 1. The highest BCUT2D eigenvalue weighted by molar-refractivity contribution is 7.99. The van der Waals surface area contributed by atoms with Crippen molar-refractivity contribution < 1.29 is 9.90 Å². The van der Waals surface area contributed by atoms with Crippen LogP contribution in [0.3, 0.4) is 0 Å². The van der Waals surface area contributed by atoms with Gasteiger partial charge in [0.1, 0.15) is 0 Å². The molecule has 88 valence electrons. The van der Waals surface area contributed by atoms with Gasteiger partial charge in [-0.05, 0) is 24.8 Å². The van der Waals surface area contributed by atoms with E-state index in [9.17, 15) is 4.79 Å². The Hall–Kier alpha value is -1.07. The first kappa shape index (κ1) is 13.0. The highest BCUT2D eigenvalue weighted by atomic mass is 32.2. The first-order chi connectivity index (χ1) is 7.63. The van der Waals surface area contributed by atoms with Crippen LogP contribution >= 0.6 is 11.8 Å². The summed E-state index contributed by atoms with van der Waals surface area (Å²) in [5, 5.41) is 12.5. The minimum absolute atomic E-state index is 0.179. The average Bonchev–Trinajstić information content (AvgIpc) is 2.26. The molecule has 0 radical (unpaired) electrons. The molecule has 4 nitrogen and oxygen atoms in total. The van der Waals surface area contributed by atoms with E-state index in [1.807, 2.05) is 6.92 Å². The van der Waals surface area contributed by atoms with E-state index in [1.54, 1.807) is 37.0 Å². The number of amides is 1. The molecule has 0 aliphatic heterocycles. The summed E-state index contributed by atoms with van der Waals surface area (Å²) in [5.74, 6) is 0.743. The van der Waals surface area contributed by atoms with E-state index < -0.39 is 6.10 Å². The number of aliphatic hydroxyl groups excluding tert-OH is 1. The van der Waals surface area contributed by atoms with Crippen LogP contribution in [0.4, 0.5) is 0 Å². The number of rotatable bonds is 5. The van der Waals surface area contributed by atoms with Crippen molar-refractivity contribution >= 4 is 17.7 Å². The number of hydrogen-bond acceptors (Lipinski definition) is 4. The van der Waals surface area contributed by atoms with Crippen LogP contribution in [0.2, 0.25) is 0 Å². The number of pyridine rings is 1. The Bertz CT molecular complexity index is 356. The maximum Gasteiger partial charge on any atom is 0.251 e. The third-order valence-electron chi connectivity index (χ3n) is 1.85. The van der Waals surface area contributed by atoms with E-state index in [4.69, 9.17) is 5.11 Å². The highest BCUT2D eigenvalue weighted by Crippen LogP contribution is 2.15. The molecule has 1 aromatic rings. The van der Waals surface area contributed by atoms with Crippen LogP contribution in [-0.2, 0) is 0 Å². The van der Waals surface area contributed by atoms with Gasteiger partial charge >= 0.3 is 0 Å². The van der Waals surface area contributed by atoms with Crippen LogP contribution in [0.25, 0.3) is 0 Å². The Kier molecular flexibility index (Phi) is 5.28. The van der Waals surface area contributed by atoms with Gasteiger partial charge in [-0.3, -0.25) is 4.79 Å². The van der Waals surface area contributed by atoms with E-state index in [1.165, 1.54) is 0 Å². The van der Waals surface area contributed by atoms with Crippen LogP contribution in [0.1, 0.15) is 24.2 Å². The minimum atomic E-state index is -0.532. The van der Waals surface area contributed by atoms with Crippen molar-refractivity contribution in [1.29, 1.82) is 0 Å². The molecule has 1 atom stereocenters. The van der Waals surface area contributed by atoms with Gasteiger partial charge in [0.25, 0.3) is 5.91 Å². The molecule has 0 spiro atoms. The summed E-state index contributed by atoms with van der Waals surface area (Å²) in [6.07, 6.45) is 1.09. The molecule has 0 fully saturated rings. The standard InChI is InChI=1S/C11H16N2O2S/c1-3-16-10-6-9(4-5-12-10)11(15)13-7-8(2)14/h4-6,8,14H,3,7H2,1-2H3,(H,13,15). The second-order valence-corrected chi connectivity index (χ2v) is 4.66. The summed E-state index contributed by atoms with van der Waals surface area (Å²) >= 11 is 1.59. The van der Waals surface area contributed by atoms with Gasteiger partial charge in [0.15, 0.2) is 0 Å². The maximum atomic E-state index is 11.6. The van der Waals surface area contributed by atoms with Gasteiger partial charge in [-0.25, -0.2) is 4.98 Å². The molecule has 1 aromatic heterocycles. The fourth-order valence-electron chi connectivity index (χ4n) is 1.12. The Balaban J connectivity index is 2.64. The van der Waals surface area contributed by atoms with Crippen molar-refractivity contribution in [2.75, 3.05) is 12.3 Å². The fraction of sp³-hybridized carbons (Fsp3) is 0.455. The van der Waals surface area contributed by atoms with Gasteiger partial charge in [-0.2, -0.15) is 0 Å². The number of hydrogen-bond donors (Lipinski definition) is 2. The minimum Gasteiger partial charge on any atom is -0.392 e. The number of nitrogens with one attached hydrogen (secondary N) is 1. The van der Waals surface area contributed by atoms with E-state index in [2.05, 4.69) is 10.3 Å². The van der Waals surface area contributed by atoms with Crippen LogP contribution in [0.15, 0.2) is 23.4 Å². The van der Waals surface area contributed by atoms with Crippen molar-refractivity contribution in [3.63, 3.8) is 0 Å². The molecular formula is C11H16N2O2S. The third-order valence-corrected chi connectivity index (χ3v) is 2.65. The lowest BCUT2D eigenvalue weighted by Crippen LogP contribution is -2.30. The number of nitrogens with zero attached hydrogens (tertiary/aromatic N) is 1. The monoisotopic (exact) mass is 240 g/mol. The zero-order chi connectivity index (χ0) is 12.0. The van der Waals surface area contributed by atoms with Gasteiger partial charge in [0.2, 0.25) is 0 Å². The smallest absolute Gasteiger partial charge is 0.251 e. The quantitative estimate of drug-likeness (QED) is 0.762. The zero-order valence-electron chi connectivity index (χ0n) is 9.43. The van der Waals surface area contributed by atoms with E-state index in [0.29, 0.717) is 5.56 Å². The fourth-order valence-corrected chi connectivity index (χ4v) is 1.76. The first-order valence-electron chi connectivity index (χ1n) is 5.18. The average molecular weight is 240 g/mol. The maximum absolute atomic E-state index is 11.6. The highest BCUT2D eigenvalue weighted by Gasteiger charge is 2.07. The second-order valence-electron chi connectivity index (χ2n) is 3.37. The lowest BCUT2D eigenvalue weighted by atomic mass is 10.2. The molecular weight excluding hydrogens is 224 g/mol. The van der Waals surface area contributed by atoms with E-state index in [0.717, 1.165) is 10.8 Å². The number of carbonyl (C=O) groups is 1. The molecule has 2 N–H and O–H groups in total. The molecule has 0 aromatic carbocycles. The predicted molar refractivity (Wildman–Crippen MR) is 64.6 cm³/mol. The summed E-state index contributed by atoms with van der Waals surface area (Å²) in [6, 6.07) is 3.42. The molecule has 0 aliphatic rings. The lowest BCUT2D eigenvalue weighted by Gasteiger charge is -2.07. The molecule has 1 unspecified atom stereocenters. The van der Waals surface area contributed by atoms with E-state index >= 15 is 0 Å². The Labute approximate surface area is 99.5 Å². The predicted octanol–water partition coefficient (Wildman–Crippen LogP) is 1.30. The van der Waals surface area contributed by atoms with Crippen molar-refractivity contribution in [3.8, 4) is 0 Å². The van der Waals surface area contributed by atoms with Gasteiger partial charge in [-0.1, -0.05) is 6.92 Å². The molecule has 16 heavy (non-hydrogen) atoms. The SMILES string of the molecule is CCSc1cc(C(=O)NCC(C)O)ccn1. The van der Waals surface area contributed by atoms with Crippen LogP contribution < -0.4 is 5.32 Å². The Morgan fingerprint density at radius 3 is 3.06 bits per heavy atom. The molecule has 5 heteroatoms. The van der Waals surface area contributed by atoms with Crippen molar-refractivity contribution in [1.82, 2.24) is 10.3 Å². The summed E-state index contributed by atoms with van der Waals surface area (Å²) < 4.78 is 0. The third kappa shape index (κ3) is 4.20. The van der Waals surface area contributed by atoms with Crippen LogP contribution in [-0.4, -0.2) is 34.4 Å². The van der Waals surface area contributed by atoms with Crippen LogP contribution in [0, 0.1) is 0 Å². The number of thioether (sulfide) groups is 1. The lowest BCUT2D eigenvalue weighted by molar-refractivity contribution is 0.0923. The molecule has 1 rings (SSSR count). The van der Waals surface area contributed by atoms with Gasteiger partial charge in [-0.15, -0.1) is 11.8 Å². The topological polar surface area (TPSA) is 62.2 Å². The second kappa shape index (κ2) is 6.50. The van der Waals surface area contributed by atoms with E-state index in [-0.39, 0.29) is 12.5 Å². The molecule has 0 saturated heterocycles. The normalized spacial score (nSPS) is 12.2. The first-order valence-corrected chi connectivity index (χ1v) is 6.17. The molecule has 0 aliphatic carbocycles. The van der Waals surface area contributed by atoms with Gasteiger partial charge in [0, 0.05) is 18.3 Å². The van der Waals surface area contributed by atoms with Crippen LogP contribution in [0.5, 0.6) is 0 Å². The van der Waals surface area contributed by atoms with Gasteiger partial charge in [0.05, 0.1) is 11.1 Å². The molecule has 0 saturated carbocycles. The molecule has 0 bridgehead atoms. The zero-order valence-corrected chi connectivity index (χ0v) is 10.3. The Morgan fingerprint density at radius 2 is 2.44 bits per heavy atom. The molecule has 1 amide bonds. The van der Waals surface area contributed by atoms with Crippen molar-refractivity contribution in [3.05, 3.63) is 23.9 Å². The molecule has 1 heterocycles. The van der Waals surface area contributed by atoms with Crippen molar-refractivity contribution in [2.24, 2.45) is 0 Å². The summed E-state index contributed by atoms with van der Waals surface area (Å²) in [6.45, 7) is 3.93. The van der Waals surface area contributed by atoms with Gasteiger partial charge < -0.3 is 10.4 Å². The summed E-state index contributed by atoms with van der Waals surface area (Å²) in [5.41, 5.74) is 0.576.